The molecule has 7 heteroatoms. The highest BCUT2D eigenvalue weighted by Crippen LogP contribution is 2.26. The summed E-state index contributed by atoms with van der Waals surface area (Å²) in [6.45, 7) is 2.31. The third-order valence-corrected chi connectivity index (χ3v) is 5.64. The first-order valence-corrected chi connectivity index (χ1v) is 8.63. The Morgan fingerprint density at radius 1 is 1.30 bits per heavy atom. The Balaban J connectivity index is 2.42. The Morgan fingerprint density at radius 3 is 2.40 bits per heavy atom. The Kier molecular flexibility index (Phi) is 6.91. The molecule has 0 aromatic heterocycles. The standard InChI is InChI=1S/C13H26N2O4S/c1-4-11-5-7-12(8-6-11)14-20(17,18)15(2)10-9-13(16)19-3/h11-12,14H,4-10H2,1-3H3. The van der Waals surface area contributed by atoms with E-state index in [0.29, 0.717) is 0 Å². The Labute approximate surface area is 122 Å². The van der Waals surface area contributed by atoms with Gasteiger partial charge in [-0.2, -0.15) is 17.4 Å². The lowest BCUT2D eigenvalue weighted by Crippen LogP contribution is -2.45. The fraction of sp³-hybridized carbons (Fsp3) is 0.923. The molecule has 20 heavy (non-hydrogen) atoms. The van der Waals surface area contributed by atoms with Crippen LogP contribution in [0.5, 0.6) is 0 Å². The molecule has 0 spiro atoms. The highest BCUT2D eigenvalue weighted by molar-refractivity contribution is 7.87. The molecule has 1 rings (SSSR count). The van der Waals surface area contributed by atoms with E-state index >= 15 is 0 Å². The minimum atomic E-state index is -3.51. The molecule has 0 saturated heterocycles. The predicted molar refractivity (Wildman–Crippen MR) is 77.4 cm³/mol. The lowest BCUT2D eigenvalue weighted by Gasteiger charge is -2.29. The number of nitrogens with one attached hydrogen (secondary N) is 1. The van der Waals surface area contributed by atoms with Gasteiger partial charge in [0.2, 0.25) is 0 Å². The molecule has 1 aliphatic rings. The second-order valence-corrected chi connectivity index (χ2v) is 7.21. The summed E-state index contributed by atoms with van der Waals surface area (Å²) in [5, 5.41) is 0. The number of methoxy groups -OCH3 is 1. The van der Waals surface area contributed by atoms with E-state index in [1.54, 1.807) is 0 Å². The average molecular weight is 306 g/mol. The first-order chi connectivity index (χ1) is 9.39. The van der Waals surface area contributed by atoms with E-state index in [9.17, 15) is 13.2 Å². The van der Waals surface area contributed by atoms with Gasteiger partial charge in [-0.1, -0.05) is 13.3 Å². The van der Waals surface area contributed by atoms with Crippen molar-refractivity contribution in [1.29, 1.82) is 0 Å². The normalized spacial score (nSPS) is 23.8. The minimum Gasteiger partial charge on any atom is -0.469 e. The summed E-state index contributed by atoms with van der Waals surface area (Å²) in [5.41, 5.74) is 0. The number of carbonyl (C=O) groups is 1. The van der Waals surface area contributed by atoms with Gasteiger partial charge in [-0.15, -0.1) is 0 Å². The molecule has 118 valence electrons. The zero-order valence-corrected chi connectivity index (χ0v) is 13.4. The SMILES string of the molecule is CCC1CCC(NS(=O)(=O)N(C)CCC(=O)OC)CC1. The van der Waals surface area contributed by atoms with Crippen LogP contribution >= 0.6 is 0 Å². The third-order valence-electron chi connectivity index (χ3n) is 4.01. The molecular formula is C13H26N2O4S. The van der Waals surface area contributed by atoms with Crippen molar-refractivity contribution in [2.45, 2.75) is 51.5 Å². The first-order valence-electron chi connectivity index (χ1n) is 7.19. The maximum absolute atomic E-state index is 12.1. The molecule has 0 aliphatic heterocycles. The Morgan fingerprint density at radius 2 is 1.90 bits per heavy atom. The molecule has 1 saturated carbocycles. The number of hydrogen-bond donors (Lipinski definition) is 1. The molecule has 0 amide bonds. The molecule has 1 N–H and O–H groups in total. The second-order valence-electron chi connectivity index (χ2n) is 5.40. The lowest BCUT2D eigenvalue weighted by atomic mass is 9.85. The molecule has 0 bridgehead atoms. The highest BCUT2D eigenvalue weighted by atomic mass is 32.2. The summed E-state index contributed by atoms with van der Waals surface area (Å²) in [6, 6.07) is 0.0170. The molecule has 0 radical (unpaired) electrons. The lowest BCUT2D eigenvalue weighted by molar-refractivity contribution is -0.140. The number of nitrogens with zero attached hydrogens (tertiary/aromatic N) is 1. The van der Waals surface area contributed by atoms with Gasteiger partial charge in [0, 0.05) is 19.6 Å². The number of rotatable bonds is 7. The van der Waals surface area contributed by atoms with Gasteiger partial charge in [-0.3, -0.25) is 4.79 Å². The fourth-order valence-electron chi connectivity index (χ4n) is 2.46. The quantitative estimate of drug-likeness (QED) is 0.719. The minimum absolute atomic E-state index is 0.0170. The van der Waals surface area contributed by atoms with Crippen LogP contribution in [0.2, 0.25) is 0 Å². The number of carbonyl (C=O) groups excluding carboxylic acids is 1. The van der Waals surface area contributed by atoms with Crippen molar-refractivity contribution in [2.75, 3.05) is 20.7 Å². The van der Waals surface area contributed by atoms with Crippen molar-refractivity contribution >= 4 is 16.2 Å². The zero-order valence-electron chi connectivity index (χ0n) is 12.6. The van der Waals surface area contributed by atoms with E-state index in [-0.39, 0.29) is 19.0 Å². The van der Waals surface area contributed by atoms with Crippen molar-refractivity contribution in [2.24, 2.45) is 5.92 Å². The smallest absolute Gasteiger partial charge is 0.306 e. The largest absolute Gasteiger partial charge is 0.469 e. The van der Waals surface area contributed by atoms with Crippen LogP contribution < -0.4 is 4.72 Å². The van der Waals surface area contributed by atoms with Crippen LogP contribution in [0, 0.1) is 5.92 Å². The summed E-state index contributed by atoms with van der Waals surface area (Å²) in [5.74, 6) is 0.323. The van der Waals surface area contributed by atoms with Gasteiger partial charge in [0.15, 0.2) is 0 Å². The molecule has 0 aromatic carbocycles. The summed E-state index contributed by atoms with van der Waals surface area (Å²) < 4.78 is 32.6. The van der Waals surface area contributed by atoms with Crippen molar-refractivity contribution < 1.29 is 17.9 Å². The van der Waals surface area contributed by atoms with Gasteiger partial charge < -0.3 is 4.74 Å². The molecule has 0 heterocycles. The van der Waals surface area contributed by atoms with Crippen LogP contribution in [0.15, 0.2) is 0 Å². The summed E-state index contributed by atoms with van der Waals surface area (Å²) in [4.78, 5) is 11.0. The zero-order chi connectivity index (χ0) is 15.2. The van der Waals surface area contributed by atoms with E-state index in [1.165, 1.54) is 24.9 Å². The van der Waals surface area contributed by atoms with Gasteiger partial charge >= 0.3 is 5.97 Å². The molecule has 0 unspecified atom stereocenters. The summed E-state index contributed by atoms with van der Waals surface area (Å²) >= 11 is 0. The molecule has 6 nitrogen and oxygen atoms in total. The molecular weight excluding hydrogens is 280 g/mol. The highest BCUT2D eigenvalue weighted by Gasteiger charge is 2.26. The van der Waals surface area contributed by atoms with Gasteiger partial charge in [0.05, 0.1) is 13.5 Å². The van der Waals surface area contributed by atoms with Crippen LogP contribution in [0.1, 0.15) is 45.4 Å². The summed E-state index contributed by atoms with van der Waals surface area (Å²) in [6.07, 6.45) is 5.17. The molecule has 0 atom stereocenters. The molecule has 1 aliphatic carbocycles. The fourth-order valence-corrected chi connectivity index (χ4v) is 3.63. The van der Waals surface area contributed by atoms with Gasteiger partial charge in [-0.25, -0.2) is 0 Å². The topological polar surface area (TPSA) is 75.7 Å². The molecule has 0 aromatic rings. The second kappa shape index (κ2) is 7.95. The number of ether oxygens (including phenoxy) is 1. The summed E-state index contributed by atoms with van der Waals surface area (Å²) in [7, 11) is -0.744. The van der Waals surface area contributed by atoms with Gasteiger partial charge in [-0.05, 0) is 31.6 Å². The molecule has 1 fully saturated rings. The number of hydrogen-bond acceptors (Lipinski definition) is 4. The van der Waals surface area contributed by atoms with Gasteiger partial charge in [0.1, 0.15) is 0 Å². The van der Waals surface area contributed by atoms with E-state index in [4.69, 9.17) is 0 Å². The van der Waals surface area contributed by atoms with Crippen molar-refractivity contribution in [3.05, 3.63) is 0 Å². The van der Waals surface area contributed by atoms with Crippen LogP contribution in [-0.2, 0) is 19.7 Å². The maximum atomic E-state index is 12.1. The van der Waals surface area contributed by atoms with Crippen LogP contribution in [-0.4, -0.2) is 45.4 Å². The van der Waals surface area contributed by atoms with Crippen molar-refractivity contribution in [3.8, 4) is 0 Å². The Hall–Kier alpha value is -0.660. The maximum Gasteiger partial charge on any atom is 0.306 e. The van der Waals surface area contributed by atoms with E-state index < -0.39 is 16.2 Å². The van der Waals surface area contributed by atoms with Crippen molar-refractivity contribution in [3.63, 3.8) is 0 Å². The van der Waals surface area contributed by atoms with Crippen molar-refractivity contribution in [1.82, 2.24) is 9.03 Å². The number of esters is 1. The van der Waals surface area contributed by atoms with E-state index in [2.05, 4.69) is 16.4 Å². The Bertz CT molecular complexity index is 403. The first kappa shape index (κ1) is 17.4. The predicted octanol–water partition coefficient (Wildman–Crippen LogP) is 1.28. The average Bonchev–Trinajstić information content (AvgIpc) is 2.44. The van der Waals surface area contributed by atoms with Crippen LogP contribution in [0.25, 0.3) is 0 Å². The van der Waals surface area contributed by atoms with Crippen LogP contribution in [0.4, 0.5) is 0 Å². The van der Waals surface area contributed by atoms with Crippen LogP contribution in [0.3, 0.4) is 0 Å². The van der Waals surface area contributed by atoms with E-state index in [1.807, 2.05) is 0 Å². The third kappa shape index (κ3) is 5.38. The van der Waals surface area contributed by atoms with E-state index in [0.717, 1.165) is 31.6 Å². The monoisotopic (exact) mass is 306 g/mol. The van der Waals surface area contributed by atoms with Gasteiger partial charge in [0.25, 0.3) is 10.2 Å².